The third-order valence-corrected chi connectivity index (χ3v) is 5.12. The summed E-state index contributed by atoms with van der Waals surface area (Å²) in [6, 6.07) is 0. The zero-order valence-corrected chi connectivity index (χ0v) is 10.3. The van der Waals surface area contributed by atoms with E-state index in [2.05, 4.69) is 4.90 Å². The summed E-state index contributed by atoms with van der Waals surface area (Å²) in [6.45, 7) is 3.87. The van der Waals surface area contributed by atoms with Gasteiger partial charge in [0, 0.05) is 11.9 Å². The summed E-state index contributed by atoms with van der Waals surface area (Å²) < 4.78 is 0. The molecule has 0 aromatic carbocycles. The zero-order chi connectivity index (χ0) is 10.3. The van der Waals surface area contributed by atoms with Gasteiger partial charge < -0.3 is 4.90 Å². The highest BCUT2D eigenvalue weighted by molar-refractivity contribution is 6.20. The van der Waals surface area contributed by atoms with Gasteiger partial charge in [0.25, 0.3) is 0 Å². The second-order valence-electron chi connectivity index (χ2n) is 5.91. The maximum atomic E-state index is 6.13. The van der Waals surface area contributed by atoms with Crippen molar-refractivity contribution in [2.75, 3.05) is 19.6 Å². The van der Waals surface area contributed by atoms with Crippen molar-refractivity contribution in [1.29, 1.82) is 0 Å². The molecule has 0 radical (unpaired) electrons. The first-order chi connectivity index (χ1) is 7.31. The third kappa shape index (κ3) is 2.50. The number of likely N-dealkylation sites (tertiary alicyclic amines) is 1. The highest BCUT2D eigenvalue weighted by Gasteiger charge is 2.42. The molecular formula is C13H22ClN. The molecule has 1 nitrogen and oxygen atoms in total. The standard InChI is InChI=1S/C13H22ClN/c14-13-3-5-15(6-4-13)9-10-1-2-11-8-12(11)7-10/h10-13H,1-9H2. The van der Waals surface area contributed by atoms with Gasteiger partial charge in [-0.3, -0.25) is 0 Å². The van der Waals surface area contributed by atoms with E-state index in [1.165, 1.54) is 51.7 Å². The predicted molar refractivity (Wildman–Crippen MR) is 64.3 cm³/mol. The van der Waals surface area contributed by atoms with E-state index in [0.29, 0.717) is 5.38 Å². The number of piperidine rings is 1. The van der Waals surface area contributed by atoms with Crippen molar-refractivity contribution in [3.8, 4) is 0 Å². The van der Waals surface area contributed by atoms with Gasteiger partial charge in [0.05, 0.1) is 0 Å². The van der Waals surface area contributed by atoms with E-state index in [9.17, 15) is 0 Å². The zero-order valence-electron chi connectivity index (χ0n) is 9.50. The molecule has 3 fully saturated rings. The maximum Gasteiger partial charge on any atom is 0.0360 e. The van der Waals surface area contributed by atoms with Crippen molar-refractivity contribution >= 4 is 11.6 Å². The van der Waals surface area contributed by atoms with Crippen LogP contribution in [0, 0.1) is 17.8 Å². The fraction of sp³-hybridized carbons (Fsp3) is 1.00. The molecule has 1 aliphatic heterocycles. The SMILES string of the molecule is ClC1CCN(CC2CCC3CC3C2)CC1. The number of halogens is 1. The van der Waals surface area contributed by atoms with Gasteiger partial charge in [0.2, 0.25) is 0 Å². The number of rotatable bonds is 2. The molecule has 0 aromatic rings. The van der Waals surface area contributed by atoms with Crippen LogP contribution < -0.4 is 0 Å². The summed E-state index contributed by atoms with van der Waals surface area (Å²) in [5.41, 5.74) is 0. The first-order valence-electron chi connectivity index (χ1n) is 6.67. The molecule has 0 N–H and O–H groups in total. The minimum atomic E-state index is 0.459. The predicted octanol–water partition coefficient (Wildman–Crippen LogP) is 3.13. The summed E-state index contributed by atoms with van der Waals surface area (Å²) in [5.74, 6) is 3.30. The van der Waals surface area contributed by atoms with Crippen molar-refractivity contribution in [3.63, 3.8) is 0 Å². The Morgan fingerprint density at radius 1 is 0.933 bits per heavy atom. The van der Waals surface area contributed by atoms with E-state index < -0.39 is 0 Å². The topological polar surface area (TPSA) is 3.24 Å². The van der Waals surface area contributed by atoms with Crippen LogP contribution in [0.2, 0.25) is 0 Å². The van der Waals surface area contributed by atoms with Crippen molar-refractivity contribution < 1.29 is 0 Å². The van der Waals surface area contributed by atoms with Gasteiger partial charge in [-0.15, -0.1) is 11.6 Å². The second-order valence-corrected chi connectivity index (χ2v) is 6.53. The van der Waals surface area contributed by atoms with Crippen molar-refractivity contribution in [1.82, 2.24) is 4.90 Å². The first kappa shape index (κ1) is 10.4. The molecule has 0 amide bonds. The Bertz CT molecular complexity index is 223. The van der Waals surface area contributed by atoms with Crippen LogP contribution in [-0.2, 0) is 0 Å². The van der Waals surface area contributed by atoms with Crippen LogP contribution in [0.5, 0.6) is 0 Å². The van der Waals surface area contributed by atoms with Gasteiger partial charge in [-0.25, -0.2) is 0 Å². The van der Waals surface area contributed by atoms with E-state index in [1.54, 1.807) is 6.42 Å². The number of hydrogen-bond acceptors (Lipinski definition) is 1. The Labute approximate surface area is 98.2 Å². The van der Waals surface area contributed by atoms with Crippen LogP contribution in [0.1, 0.15) is 38.5 Å². The molecule has 1 heterocycles. The number of alkyl halides is 1. The number of fused-ring (bicyclic) bond motifs is 1. The fourth-order valence-electron chi connectivity index (χ4n) is 3.56. The van der Waals surface area contributed by atoms with E-state index in [4.69, 9.17) is 11.6 Å². The summed E-state index contributed by atoms with van der Waals surface area (Å²) >= 11 is 6.13. The van der Waals surface area contributed by atoms with Crippen LogP contribution in [0.3, 0.4) is 0 Å². The molecule has 1 saturated heterocycles. The normalized spacial score (nSPS) is 42.6. The number of hydrogen-bond donors (Lipinski definition) is 0. The van der Waals surface area contributed by atoms with Gasteiger partial charge in [0.1, 0.15) is 0 Å². The third-order valence-electron chi connectivity index (χ3n) is 4.68. The summed E-state index contributed by atoms with van der Waals surface area (Å²) in [5, 5.41) is 0.459. The largest absolute Gasteiger partial charge is 0.303 e. The van der Waals surface area contributed by atoms with Crippen LogP contribution in [0.15, 0.2) is 0 Å². The summed E-state index contributed by atoms with van der Waals surface area (Å²) in [6.07, 6.45) is 8.54. The molecule has 3 atom stereocenters. The van der Waals surface area contributed by atoms with Crippen LogP contribution in [0.4, 0.5) is 0 Å². The Morgan fingerprint density at radius 3 is 2.47 bits per heavy atom. The van der Waals surface area contributed by atoms with Crippen molar-refractivity contribution in [2.24, 2.45) is 17.8 Å². The van der Waals surface area contributed by atoms with E-state index in [-0.39, 0.29) is 0 Å². The van der Waals surface area contributed by atoms with E-state index >= 15 is 0 Å². The first-order valence-corrected chi connectivity index (χ1v) is 7.11. The quantitative estimate of drug-likeness (QED) is 0.656. The Morgan fingerprint density at radius 2 is 1.73 bits per heavy atom. The van der Waals surface area contributed by atoms with Crippen molar-refractivity contribution in [2.45, 2.75) is 43.9 Å². The van der Waals surface area contributed by atoms with Gasteiger partial charge in [-0.05, 0) is 69.4 Å². The van der Waals surface area contributed by atoms with E-state index in [0.717, 1.165) is 17.8 Å². The lowest BCUT2D eigenvalue weighted by atomic mass is 9.88. The highest BCUT2D eigenvalue weighted by Crippen LogP contribution is 2.51. The molecule has 3 unspecified atom stereocenters. The monoisotopic (exact) mass is 227 g/mol. The smallest absolute Gasteiger partial charge is 0.0360 e. The maximum absolute atomic E-state index is 6.13. The molecule has 15 heavy (non-hydrogen) atoms. The van der Waals surface area contributed by atoms with Crippen LogP contribution >= 0.6 is 11.6 Å². The Balaban J connectivity index is 1.44. The molecule has 2 aliphatic carbocycles. The average Bonchev–Trinajstić information content (AvgIpc) is 3.00. The van der Waals surface area contributed by atoms with Crippen LogP contribution in [-0.4, -0.2) is 29.9 Å². The molecular weight excluding hydrogens is 206 g/mol. The van der Waals surface area contributed by atoms with Crippen LogP contribution in [0.25, 0.3) is 0 Å². The molecule has 0 spiro atoms. The van der Waals surface area contributed by atoms with Crippen molar-refractivity contribution in [3.05, 3.63) is 0 Å². The molecule has 2 heteroatoms. The molecule has 0 bridgehead atoms. The summed E-state index contributed by atoms with van der Waals surface area (Å²) in [7, 11) is 0. The minimum Gasteiger partial charge on any atom is -0.303 e. The summed E-state index contributed by atoms with van der Waals surface area (Å²) in [4.78, 5) is 2.66. The van der Waals surface area contributed by atoms with Gasteiger partial charge in [0.15, 0.2) is 0 Å². The highest BCUT2D eigenvalue weighted by atomic mass is 35.5. The molecule has 3 rings (SSSR count). The fourth-order valence-corrected chi connectivity index (χ4v) is 3.76. The molecule has 2 saturated carbocycles. The van der Waals surface area contributed by atoms with E-state index in [1.807, 2.05) is 0 Å². The minimum absolute atomic E-state index is 0.459. The molecule has 3 aliphatic rings. The Kier molecular flexibility index (Phi) is 2.95. The second kappa shape index (κ2) is 4.25. The lowest BCUT2D eigenvalue weighted by molar-refractivity contribution is 0.172. The van der Waals surface area contributed by atoms with Gasteiger partial charge in [-0.2, -0.15) is 0 Å². The Hall–Kier alpha value is 0.250. The number of nitrogens with zero attached hydrogens (tertiary/aromatic N) is 1. The molecule has 86 valence electrons. The lowest BCUT2D eigenvalue weighted by Gasteiger charge is -2.33. The molecule has 0 aromatic heterocycles. The average molecular weight is 228 g/mol. The van der Waals surface area contributed by atoms with Gasteiger partial charge in [-0.1, -0.05) is 0 Å². The van der Waals surface area contributed by atoms with Gasteiger partial charge >= 0.3 is 0 Å². The lowest BCUT2D eigenvalue weighted by Crippen LogP contribution is -2.38.